The van der Waals surface area contributed by atoms with Gasteiger partial charge < -0.3 is 0 Å². The third kappa shape index (κ3) is 11.6. The van der Waals surface area contributed by atoms with Crippen molar-refractivity contribution in [1.82, 2.24) is 15.0 Å². The zero-order valence-electron chi connectivity index (χ0n) is 36.5. The van der Waals surface area contributed by atoms with Crippen LogP contribution in [0.25, 0.3) is 44.0 Å². The van der Waals surface area contributed by atoms with Gasteiger partial charge in [0.15, 0.2) is 0 Å². The van der Waals surface area contributed by atoms with Crippen LogP contribution >= 0.6 is 0 Å². The minimum atomic E-state index is 0.648. The van der Waals surface area contributed by atoms with Gasteiger partial charge in [0.1, 0.15) is 5.69 Å². The van der Waals surface area contributed by atoms with Crippen LogP contribution < -0.4 is 0 Å². The molecule has 0 radical (unpaired) electrons. The molecule has 8 aromatic carbocycles. The highest BCUT2D eigenvalue weighted by molar-refractivity contribution is 6.05. The Balaban J connectivity index is 0.000000180. The third-order valence-electron chi connectivity index (χ3n) is 10.6. The lowest BCUT2D eigenvalue weighted by Crippen LogP contribution is -1.97. The highest BCUT2D eigenvalue weighted by Crippen LogP contribution is 2.38. The lowest BCUT2D eigenvalue weighted by atomic mass is 9.85. The Kier molecular flexibility index (Phi) is 15.6. The maximum atomic E-state index is 7.33. The summed E-state index contributed by atoms with van der Waals surface area (Å²) in [5.74, 6) is 2.73. The van der Waals surface area contributed by atoms with Crippen molar-refractivity contribution in [3.63, 3.8) is 0 Å². The molecule has 0 saturated carbocycles. The minimum Gasteiger partial charge on any atom is -0.255 e. The van der Waals surface area contributed by atoms with Gasteiger partial charge in [-0.15, -0.1) is 17.4 Å². The van der Waals surface area contributed by atoms with Crippen LogP contribution in [0.2, 0.25) is 0 Å². The summed E-state index contributed by atoms with van der Waals surface area (Å²) >= 11 is 0. The Labute approximate surface area is 382 Å². The number of azide groups is 1. The number of benzene rings is 8. The minimum absolute atomic E-state index is 0.648. The SMILES string of the molecule is C#CCc1ccc(C(=C(c2ccccc2)c2ccccc2)c2ccccc2)cc1.CN=[N+]=[N-].Cn1cc(-c2ccc(C(=C(c3ccccc3)c3ccccc3)c3ccccc3)cc2)nn1. The largest absolute Gasteiger partial charge is 0.255 e. The molecule has 314 valence electrons. The molecule has 9 rings (SSSR count). The van der Waals surface area contributed by atoms with Crippen molar-refractivity contribution in [2.75, 3.05) is 7.05 Å². The first-order chi connectivity index (χ1) is 32.1. The molecule has 0 N–H and O–H groups in total. The topological polar surface area (TPSA) is 79.5 Å². The van der Waals surface area contributed by atoms with Crippen LogP contribution in [0.15, 0.2) is 242 Å². The van der Waals surface area contributed by atoms with Crippen molar-refractivity contribution in [2.24, 2.45) is 12.2 Å². The molecule has 0 spiro atoms. The van der Waals surface area contributed by atoms with Gasteiger partial charge in [-0.1, -0.05) is 241 Å². The Morgan fingerprint density at radius 2 is 0.754 bits per heavy atom. The van der Waals surface area contributed by atoms with E-state index >= 15 is 0 Å². The summed E-state index contributed by atoms with van der Waals surface area (Å²) in [6.45, 7) is 0. The molecule has 9 aromatic rings. The molecule has 6 heteroatoms. The Morgan fingerprint density at radius 1 is 0.477 bits per heavy atom. The maximum Gasteiger partial charge on any atom is 0.113 e. The quantitative estimate of drug-likeness (QED) is 0.0452. The van der Waals surface area contributed by atoms with Crippen LogP contribution in [0.5, 0.6) is 0 Å². The fraction of sp³-hybridized carbons (Fsp3) is 0.0508. The molecule has 0 aliphatic heterocycles. The van der Waals surface area contributed by atoms with Crippen molar-refractivity contribution in [3.05, 3.63) is 297 Å². The second kappa shape index (κ2) is 22.9. The molecule has 1 aromatic heterocycles. The number of nitrogens with zero attached hydrogens (tertiary/aromatic N) is 6. The van der Waals surface area contributed by atoms with E-state index in [-0.39, 0.29) is 0 Å². The average molecular weight is 841 g/mol. The van der Waals surface area contributed by atoms with Gasteiger partial charge in [-0.25, -0.2) is 0 Å². The summed E-state index contributed by atoms with van der Waals surface area (Å²) in [6, 6.07) is 80.9. The molecular weight excluding hydrogens is 793 g/mol. The fourth-order valence-corrected chi connectivity index (χ4v) is 7.64. The summed E-state index contributed by atoms with van der Waals surface area (Å²) in [6.07, 6.45) is 8.07. The van der Waals surface area contributed by atoms with Gasteiger partial charge in [0.2, 0.25) is 0 Å². The maximum absolute atomic E-state index is 7.33. The number of hydrogen-bond acceptors (Lipinski definition) is 3. The Hall–Kier alpha value is -8.75. The fourth-order valence-electron chi connectivity index (χ4n) is 7.64. The van der Waals surface area contributed by atoms with E-state index in [2.05, 4.69) is 257 Å². The standard InChI is InChI=1S/C29H23N3.C29H22.CH3N3/c1-32-21-27(30-31-32)22-17-19-26(20-18-22)29(25-15-9-4-10-16-25)28(23-11-5-2-6-12-23)24-13-7-3-8-14-24;1-2-12-23-19-21-27(22-20-23)29(26-17-10-5-11-18-26)28(24-13-6-3-7-14-24)25-15-8-4-9-16-25;1-3-4-2/h2-21H,1H3;1,3-11,13-22H,12H2;1H3. The molecule has 1 heterocycles. The zero-order valence-corrected chi connectivity index (χ0v) is 36.5. The van der Waals surface area contributed by atoms with Crippen LogP contribution in [-0.2, 0) is 13.5 Å². The Morgan fingerprint density at radius 3 is 1.00 bits per heavy atom. The highest BCUT2D eigenvalue weighted by atomic mass is 15.4. The highest BCUT2D eigenvalue weighted by Gasteiger charge is 2.18. The molecular formula is C59H48N6. The van der Waals surface area contributed by atoms with Gasteiger partial charge in [-0.05, 0) is 77.9 Å². The van der Waals surface area contributed by atoms with E-state index < -0.39 is 0 Å². The van der Waals surface area contributed by atoms with E-state index in [1.54, 1.807) is 4.68 Å². The van der Waals surface area contributed by atoms with Crippen molar-refractivity contribution in [2.45, 2.75) is 6.42 Å². The molecule has 0 fully saturated rings. The first kappa shape index (κ1) is 44.3. The van der Waals surface area contributed by atoms with E-state index in [1.165, 1.54) is 68.3 Å². The predicted octanol–water partition coefficient (Wildman–Crippen LogP) is 14.3. The van der Waals surface area contributed by atoms with Gasteiger partial charge in [-0.2, -0.15) is 0 Å². The molecule has 0 aliphatic carbocycles. The van der Waals surface area contributed by atoms with Crippen LogP contribution in [0, 0.1) is 12.3 Å². The summed E-state index contributed by atoms with van der Waals surface area (Å²) in [5, 5.41) is 11.2. The zero-order chi connectivity index (χ0) is 45.1. The lowest BCUT2D eigenvalue weighted by Gasteiger charge is -2.18. The summed E-state index contributed by atoms with van der Waals surface area (Å²) < 4.78 is 1.72. The number of hydrogen-bond donors (Lipinski definition) is 0. The second-order valence-corrected chi connectivity index (χ2v) is 14.9. The molecule has 0 atom stereocenters. The first-order valence-electron chi connectivity index (χ1n) is 21.3. The summed E-state index contributed by atoms with van der Waals surface area (Å²) in [4.78, 5) is 2.36. The number of terminal acetylenes is 1. The molecule has 0 saturated heterocycles. The molecule has 0 bridgehead atoms. The van der Waals surface area contributed by atoms with Gasteiger partial charge in [0.25, 0.3) is 0 Å². The van der Waals surface area contributed by atoms with Crippen molar-refractivity contribution >= 4 is 22.3 Å². The third-order valence-corrected chi connectivity index (χ3v) is 10.6. The smallest absolute Gasteiger partial charge is 0.113 e. The number of aromatic nitrogens is 3. The number of rotatable bonds is 10. The average Bonchev–Trinajstić information content (AvgIpc) is 3.83. The van der Waals surface area contributed by atoms with E-state index in [9.17, 15) is 0 Å². The van der Waals surface area contributed by atoms with E-state index in [1.807, 2.05) is 13.2 Å². The molecule has 65 heavy (non-hydrogen) atoms. The van der Waals surface area contributed by atoms with Crippen molar-refractivity contribution < 1.29 is 0 Å². The first-order valence-corrected chi connectivity index (χ1v) is 21.3. The normalized spacial score (nSPS) is 10.0. The number of aryl methyl sites for hydroxylation is 1. The van der Waals surface area contributed by atoms with Crippen LogP contribution in [0.4, 0.5) is 0 Å². The lowest BCUT2D eigenvalue weighted by molar-refractivity contribution is 0.715. The van der Waals surface area contributed by atoms with Gasteiger partial charge in [-0.3, -0.25) is 4.68 Å². The van der Waals surface area contributed by atoms with Gasteiger partial charge >= 0.3 is 0 Å². The van der Waals surface area contributed by atoms with E-state index in [4.69, 9.17) is 12.0 Å². The molecule has 0 amide bonds. The summed E-state index contributed by atoms with van der Waals surface area (Å²) in [5.41, 5.74) is 24.8. The second-order valence-electron chi connectivity index (χ2n) is 14.9. The van der Waals surface area contributed by atoms with Crippen LogP contribution in [-0.4, -0.2) is 22.0 Å². The molecule has 6 nitrogen and oxygen atoms in total. The van der Waals surface area contributed by atoms with Crippen molar-refractivity contribution in [1.29, 1.82) is 0 Å². The van der Waals surface area contributed by atoms with Gasteiger partial charge in [0, 0.05) is 31.0 Å². The predicted molar refractivity (Wildman–Crippen MR) is 269 cm³/mol. The molecule has 0 unspecified atom stereocenters. The van der Waals surface area contributed by atoms with Gasteiger partial charge in [0.05, 0.1) is 6.20 Å². The summed E-state index contributed by atoms with van der Waals surface area (Å²) in [7, 11) is 3.27. The van der Waals surface area contributed by atoms with Crippen LogP contribution in [0.3, 0.4) is 0 Å². The van der Waals surface area contributed by atoms with Crippen LogP contribution in [0.1, 0.15) is 50.1 Å². The van der Waals surface area contributed by atoms with Crippen molar-refractivity contribution in [3.8, 4) is 23.6 Å². The monoisotopic (exact) mass is 840 g/mol. The molecule has 0 aliphatic rings. The van der Waals surface area contributed by atoms with E-state index in [0.29, 0.717) is 6.42 Å². The van der Waals surface area contributed by atoms with E-state index in [0.717, 1.165) is 22.4 Å². The Bertz CT molecular complexity index is 2940.